The molecule has 0 saturated heterocycles. The van der Waals surface area contributed by atoms with E-state index in [1.165, 1.54) is 28.8 Å². The van der Waals surface area contributed by atoms with E-state index in [2.05, 4.69) is 119 Å². The molecule has 176 valence electrons. The Balaban J connectivity index is 0.00000306. The Hall–Kier alpha value is -1.00. The van der Waals surface area contributed by atoms with Crippen molar-refractivity contribution >= 4 is 32.9 Å². The lowest BCUT2D eigenvalue weighted by Crippen LogP contribution is -3.00. The molecule has 0 N–H and O–H groups in total. The molecule has 0 aliphatic heterocycles. The second kappa shape index (κ2) is 11.6. The van der Waals surface area contributed by atoms with Crippen molar-refractivity contribution in [2.45, 2.75) is 52.2 Å². The molecule has 0 bridgehead atoms. The van der Waals surface area contributed by atoms with Crippen molar-refractivity contribution in [1.29, 1.82) is 0 Å². The van der Waals surface area contributed by atoms with Gasteiger partial charge < -0.3 is 28.4 Å². The average molecular weight is 589 g/mol. The number of benzene rings is 3. The van der Waals surface area contributed by atoms with Gasteiger partial charge in [0.25, 0.3) is 0 Å². The molecule has 1 aliphatic carbocycles. The molecule has 0 aromatic heterocycles. The van der Waals surface area contributed by atoms with E-state index in [0.29, 0.717) is 17.1 Å². The lowest BCUT2D eigenvalue weighted by molar-refractivity contribution is -0.00000804. The van der Waals surface area contributed by atoms with Gasteiger partial charge in [0.1, 0.15) is 23.2 Å². The second-order valence-electron chi connectivity index (χ2n) is 10.5. The van der Waals surface area contributed by atoms with Crippen LogP contribution in [-0.4, -0.2) is 22.0 Å². The third-order valence-electron chi connectivity index (χ3n) is 7.23. The average Bonchev–Trinajstić information content (AvgIpc) is 3.66. The van der Waals surface area contributed by atoms with Crippen molar-refractivity contribution in [3.63, 3.8) is 0 Å². The highest BCUT2D eigenvalue weighted by atomic mass is 127. The van der Waals surface area contributed by atoms with Gasteiger partial charge in [-0.2, -0.15) is 0 Å². The Morgan fingerprint density at radius 3 is 1.52 bits per heavy atom. The van der Waals surface area contributed by atoms with Crippen molar-refractivity contribution < 1.29 is 28.4 Å². The summed E-state index contributed by atoms with van der Waals surface area (Å²) in [5.41, 5.74) is 0.992. The van der Waals surface area contributed by atoms with E-state index >= 15 is 0 Å². The molecule has 3 aromatic carbocycles. The van der Waals surface area contributed by atoms with Crippen LogP contribution in [0.1, 0.15) is 40.5 Å². The van der Waals surface area contributed by atoms with Crippen LogP contribution < -0.4 is 39.9 Å². The number of halogens is 1. The van der Waals surface area contributed by atoms with Crippen molar-refractivity contribution in [1.82, 2.24) is 0 Å². The summed E-state index contributed by atoms with van der Waals surface area (Å²) < 4.78 is 6.94. The summed E-state index contributed by atoms with van der Waals surface area (Å²) in [6.45, 7) is 9.46. The normalized spacial score (nSPS) is 16.4. The highest BCUT2D eigenvalue weighted by Gasteiger charge is 2.50. The molecule has 3 aromatic rings. The quantitative estimate of drug-likeness (QED) is 0.212. The molecule has 0 amide bonds. The fraction of sp³-hybridized carbons (Fsp3) is 0.379. The smallest absolute Gasteiger partial charge is 0.165 e. The predicted molar refractivity (Wildman–Crippen MR) is 145 cm³/mol. The molecule has 0 radical (unpaired) electrons. The number of rotatable bonds is 9. The summed E-state index contributed by atoms with van der Waals surface area (Å²) in [6, 6.07) is 33.8. The van der Waals surface area contributed by atoms with E-state index in [-0.39, 0.29) is 24.0 Å². The minimum atomic E-state index is -1.83. The molecule has 33 heavy (non-hydrogen) atoms. The van der Waals surface area contributed by atoms with Gasteiger partial charge in [-0.05, 0) is 66.1 Å². The third kappa shape index (κ3) is 6.36. The van der Waals surface area contributed by atoms with Gasteiger partial charge in [-0.15, -0.1) is 0 Å². The van der Waals surface area contributed by atoms with Crippen LogP contribution in [-0.2, 0) is 4.43 Å². The first-order chi connectivity index (χ1) is 15.4. The third-order valence-corrected chi connectivity index (χ3v) is 14.0. The maximum absolute atomic E-state index is 6.94. The van der Waals surface area contributed by atoms with Crippen molar-refractivity contribution in [2.24, 2.45) is 11.3 Å². The van der Waals surface area contributed by atoms with Crippen molar-refractivity contribution in [3.05, 3.63) is 91.0 Å². The van der Waals surface area contributed by atoms with Crippen LogP contribution >= 0.6 is 7.26 Å². The van der Waals surface area contributed by atoms with E-state index in [0.717, 1.165) is 12.1 Å². The highest BCUT2D eigenvalue weighted by Crippen LogP contribution is 2.58. The molecule has 1 fully saturated rings. The predicted octanol–water partition coefficient (Wildman–Crippen LogP) is 2.72. The minimum Gasteiger partial charge on any atom is -1.00 e. The topological polar surface area (TPSA) is 9.23 Å². The van der Waals surface area contributed by atoms with Crippen molar-refractivity contribution in [2.75, 3.05) is 6.16 Å². The van der Waals surface area contributed by atoms with E-state index < -0.39 is 17.0 Å². The summed E-state index contributed by atoms with van der Waals surface area (Å²) in [5.74, 6) is 0.727. The molecule has 1 nitrogen and oxygen atoms in total. The van der Waals surface area contributed by atoms with Gasteiger partial charge in [0.15, 0.2) is 9.76 Å². The largest absolute Gasteiger partial charge is 1.00 e. The Kier molecular flexibility index (Phi) is 9.36. The first-order valence-corrected chi connectivity index (χ1v) is 15.4. The first-order valence-electron chi connectivity index (χ1n) is 12.1. The maximum atomic E-state index is 6.94. The molecule has 0 heterocycles. The first kappa shape index (κ1) is 26.6. The summed E-state index contributed by atoms with van der Waals surface area (Å²) >= 11 is 0. The standard InChI is InChI=1S/C29H38OPSi.HI/c1-23(29(2,3)4)32-30-28(24-20-21-24)22-31(25-14-8-5-9-15-25,26-16-10-6-11-17-26)27-18-12-7-13-19-27;/h5-19,23-24,28H,20-22,32H2,1-4H3;1H/q+1;/p-1/t23?,28-;/m1./s1. The second-order valence-corrected chi connectivity index (χ2v) is 15.9. The monoisotopic (exact) mass is 588 g/mol. The molecular weight excluding hydrogens is 550 g/mol. The molecule has 1 unspecified atom stereocenters. The lowest BCUT2D eigenvalue weighted by atomic mass is 9.93. The van der Waals surface area contributed by atoms with Crippen LogP contribution in [0.3, 0.4) is 0 Å². The molecule has 1 saturated carbocycles. The zero-order chi connectivity index (χ0) is 22.6. The molecule has 4 rings (SSSR count). The number of hydrogen-bond donors (Lipinski definition) is 0. The Morgan fingerprint density at radius 2 is 1.18 bits per heavy atom. The Labute approximate surface area is 221 Å². The van der Waals surface area contributed by atoms with Gasteiger partial charge in [0, 0.05) is 0 Å². The van der Waals surface area contributed by atoms with Gasteiger partial charge in [0.05, 0.1) is 12.3 Å². The van der Waals surface area contributed by atoms with Crippen LogP contribution in [0.2, 0.25) is 5.54 Å². The van der Waals surface area contributed by atoms with Crippen LogP contribution in [0.4, 0.5) is 0 Å². The van der Waals surface area contributed by atoms with Gasteiger partial charge in [0.2, 0.25) is 0 Å². The molecule has 4 heteroatoms. The fourth-order valence-corrected chi connectivity index (χ4v) is 10.5. The zero-order valence-corrected chi connectivity index (χ0v) is 24.9. The SMILES string of the molecule is CC([SiH2]O[C@H](C[P+](c1ccccc1)(c1ccccc1)c1ccccc1)C1CC1)C(C)(C)C.[I-]. The van der Waals surface area contributed by atoms with Crippen LogP contribution in [0, 0.1) is 11.3 Å². The van der Waals surface area contributed by atoms with E-state index in [1.807, 2.05) is 0 Å². The Morgan fingerprint density at radius 1 is 0.788 bits per heavy atom. The summed E-state index contributed by atoms with van der Waals surface area (Å²) in [7, 11) is -2.44. The van der Waals surface area contributed by atoms with Gasteiger partial charge in [-0.1, -0.05) is 82.3 Å². The van der Waals surface area contributed by atoms with E-state index in [9.17, 15) is 0 Å². The molecule has 1 aliphatic rings. The maximum Gasteiger partial charge on any atom is 0.165 e. The zero-order valence-electron chi connectivity index (χ0n) is 20.5. The van der Waals surface area contributed by atoms with E-state index in [1.54, 1.807) is 0 Å². The fourth-order valence-electron chi connectivity index (χ4n) is 4.40. The van der Waals surface area contributed by atoms with Gasteiger partial charge in [-0.25, -0.2) is 0 Å². The molecular formula is C29H38IOPSi. The van der Waals surface area contributed by atoms with Gasteiger partial charge in [-0.3, -0.25) is 0 Å². The molecule has 2 atom stereocenters. The minimum absolute atomic E-state index is 0. The van der Waals surface area contributed by atoms with Gasteiger partial charge >= 0.3 is 0 Å². The summed E-state index contributed by atoms with van der Waals surface area (Å²) in [6.07, 6.45) is 4.11. The lowest BCUT2D eigenvalue weighted by Gasteiger charge is -2.33. The number of hydrogen-bond acceptors (Lipinski definition) is 1. The summed E-state index contributed by atoms with van der Waals surface area (Å²) in [5, 5.41) is 4.41. The van der Waals surface area contributed by atoms with E-state index in [4.69, 9.17) is 4.43 Å². The highest BCUT2D eigenvalue weighted by molar-refractivity contribution is 7.95. The molecule has 0 spiro atoms. The Bertz CT molecular complexity index is 874. The van der Waals surface area contributed by atoms with Crippen LogP contribution in [0.5, 0.6) is 0 Å². The summed E-state index contributed by atoms with van der Waals surface area (Å²) in [4.78, 5) is 0. The van der Waals surface area contributed by atoms with Crippen molar-refractivity contribution in [3.8, 4) is 0 Å². The van der Waals surface area contributed by atoms with Crippen LogP contribution in [0.15, 0.2) is 91.0 Å². The van der Waals surface area contributed by atoms with Crippen LogP contribution in [0.25, 0.3) is 0 Å².